The summed E-state index contributed by atoms with van der Waals surface area (Å²) in [7, 11) is 0. The second kappa shape index (κ2) is 22.0. The Morgan fingerprint density at radius 1 is 0.620 bits per heavy atom. The Labute approximate surface area is 289 Å². The van der Waals surface area contributed by atoms with Crippen LogP contribution < -0.4 is 43.4 Å². The van der Waals surface area contributed by atoms with Crippen LogP contribution in [-0.4, -0.2) is 118 Å². The van der Waals surface area contributed by atoms with Gasteiger partial charge in [-0.3, -0.25) is 38.4 Å². The largest absolute Gasteiger partial charge is 0.481 e. The van der Waals surface area contributed by atoms with Gasteiger partial charge >= 0.3 is 11.9 Å². The fraction of sp³-hybridized carbons (Fsp3) is 0.700. The molecule has 0 rings (SSSR count). The molecule has 0 bridgehead atoms. The molecule has 0 saturated carbocycles. The normalized spacial score (nSPS) is 15.8. The zero-order valence-corrected chi connectivity index (χ0v) is 29.1. The molecule has 7 amide bonds. The number of aliphatic hydroxyl groups is 1. The molecule has 20 nitrogen and oxygen atoms in total. The predicted molar refractivity (Wildman–Crippen MR) is 175 cm³/mol. The molecular formula is C30H52N8O12. The molecule has 20 heteroatoms. The zero-order chi connectivity index (χ0) is 38.9. The second-order valence-electron chi connectivity index (χ2n) is 12.3. The fourth-order valence-corrected chi connectivity index (χ4v) is 4.29. The number of hydrogen-bond acceptors (Lipinski definition) is 11. The van der Waals surface area contributed by atoms with E-state index in [9.17, 15) is 58.5 Å². The van der Waals surface area contributed by atoms with E-state index in [-0.39, 0.29) is 5.92 Å². The highest BCUT2D eigenvalue weighted by molar-refractivity contribution is 5.98. The number of hydrogen-bond donors (Lipinski definition) is 11. The molecule has 0 spiro atoms. The molecular weight excluding hydrogens is 664 g/mol. The Bertz CT molecular complexity index is 1250. The highest BCUT2D eigenvalue weighted by Crippen LogP contribution is 2.10. The molecule has 0 aromatic carbocycles. The summed E-state index contributed by atoms with van der Waals surface area (Å²) in [5, 5.41) is 41.9. The van der Waals surface area contributed by atoms with Crippen LogP contribution >= 0.6 is 0 Å². The van der Waals surface area contributed by atoms with Crippen LogP contribution in [-0.2, 0) is 43.2 Å². The van der Waals surface area contributed by atoms with Crippen molar-refractivity contribution in [3.63, 3.8) is 0 Å². The lowest BCUT2D eigenvalue weighted by atomic mass is 9.97. The summed E-state index contributed by atoms with van der Waals surface area (Å²) in [4.78, 5) is 111. The third-order valence-electron chi connectivity index (χ3n) is 7.89. The predicted octanol–water partition coefficient (Wildman–Crippen LogP) is -3.97. The van der Waals surface area contributed by atoms with Crippen molar-refractivity contribution in [3.8, 4) is 0 Å². The summed E-state index contributed by atoms with van der Waals surface area (Å²) in [6.07, 6.45) is -0.730. The van der Waals surface area contributed by atoms with E-state index in [2.05, 4.69) is 31.9 Å². The number of nitrogens with two attached hydrogens (primary N) is 2. The first-order valence-corrected chi connectivity index (χ1v) is 16.1. The lowest BCUT2D eigenvalue weighted by Crippen LogP contribution is -2.60. The molecule has 0 radical (unpaired) electrons. The molecule has 0 fully saturated rings. The molecule has 13 N–H and O–H groups in total. The van der Waals surface area contributed by atoms with Crippen molar-refractivity contribution < 1.29 is 58.5 Å². The summed E-state index contributed by atoms with van der Waals surface area (Å²) in [5.41, 5.74) is 11.1. The maximum Gasteiger partial charge on any atom is 0.326 e. The second-order valence-corrected chi connectivity index (χ2v) is 12.3. The Hall–Kier alpha value is -4.85. The SMILES string of the molecule is CC[C@H](C)[C@H](N)C(=O)N[C@@H](CC(N)=O)C(=O)N[C@@H](CO)C(=O)N[C@@H](CC(=O)O)C(=O)NCC(=O)N[C@H](C(=O)N[C@H](C(=O)O)[C@@H](C)CC)C(C)C. The molecule has 50 heavy (non-hydrogen) atoms. The van der Waals surface area contributed by atoms with Gasteiger partial charge in [0.25, 0.3) is 0 Å². The summed E-state index contributed by atoms with van der Waals surface area (Å²) in [6, 6.07) is -8.72. The third-order valence-corrected chi connectivity index (χ3v) is 7.89. The smallest absolute Gasteiger partial charge is 0.326 e. The Morgan fingerprint density at radius 2 is 1.12 bits per heavy atom. The average Bonchev–Trinajstić information content (AvgIpc) is 3.04. The van der Waals surface area contributed by atoms with Gasteiger partial charge in [0.1, 0.15) is 30.2 Å². The van der Waals surface area contributed by atoms with E-state index in [4.69, 9.17) is 11.5 Å². The van der Waals surface area contributed by atoms with Crippen molar-refractivity contribution in [2.45, 2.75) is 103 Å². The van der Waals surface area contributed by atoms with E-state index in [1.54, 1.807) is 41.5 Å². The van der Waals surface area contributed by atoms with E-state index in [1.165, 1.54) is 0 Å². The molecule has 0 heterocycles. The maximum absolute atomic E-state index is 12.9. The minimum atomic E-state index is -1.83. The number of carboxylic acids is 2. The van der Waals surface area contributed by atoms with Crippen LogP contribution in [0.3, 0.4) is 0 Å². The number of carboxylic acid groups (broad SMARTS) is 2. The topological polar surface area (TPSA) is 339 Å². The lowest BCUT2D eigenvalue weighted by Gasteiger charge is -2.26. The number of amides is 7. The number of primary amides is 1. The zero-order valence-electron chi connectivity index (χ0n) is 29.1. The van der Waals surface area contributed by atoms with E-state index in [0.29, 0.717) is 12.8 Å². The minimum absolute atomic E-state index is 0.297. The van der Waals surface area contributed by atoms with Gasteiger partial charge in [-0.1, -0.05) is 54.4 Å². The fourth-order valence-electron chi connectivity index (χ4n) is 4.29. The first-order chi connectivity index (χ1) is 23.2. The van der Waals surface area contributed by atoms with Crippen molar-refractivity contribution in [3.05, 3.63) is 0 Å². The standard InChI is InChI=1S/C30H52N8O12/c1-7-14(5)22(32)28(47)35-16(9-19(31)40)26(45)36-18(12-39)27(46)34-17(10-21(42)43)25(44)33-11-20(41)37-23(13(3)4)29(48)38-24(30(49)50)15(6)8-2/h13-18,22-24,39H,7-12,32H2,1-6H3,(H2,31,40)(H,33,44)(H,34,46)(H,35,47)(H,36,45)(H,37,41)(H,38,48)(H,42,43)(H,49,50)/t14-,15-,16-,17-,18-,22-,23-,24-/m0/s1. The number of nitrogens with one attached hydrogen (secondary N) is 6. The van der Waals surface area contributed by atoms with Crippen LogP contribution in [0.2, 0.25) is 0 Å². The molecule has 0 aliphatic heterocycles. The van der Waals surface area contributed by atoms with Crippen LogP contribution in [0.4, 0.5) is 0 Å². The van der Waals surface area contributed by atoms with Crippen LogP contribution in [0.25, 0.3) is 0 Å². The third kappa shape index (κ3) is 15.6. The Balaban J connectivity index is 5.65. The highest BCUT2D eigenvalue weighted by Gasteiger charge is 2.34. The molecule has 284 valence electrons. The molecule has 0 aromatic heterocycles. The van der Waals surface area contributed by atoms with Crippen LogP contribution in [0.1, 0.15) is 67.2 Å². The average molecular weight is 717 g/mol. The van der Waals surface area contributed by atoms with E-state index < -0.39 is 127 Å². The number of carbonyl (C=O) groups is 9. The molecule has 0 aliphatic carbocycles. The molecule has 0 aliphatic rings. The molecule has 0 aromatic rings. The summed E-state index contributed by atoms with van der Waals surface area (Å²) in [6.45, 7) is 8.16. The van der Waals surface area contributed by atoms with E-state index in [0.717, 1.165) is 0 Å². The van der Waals surface area contributed by atoms with Crippen LogP contribution in [0.5, 0.6) is 0 Å². The summed E-state index contributed by atoms with van der Waals surface area (Å²) < 4.78 is 0. The maximum atomic E-state index is 12.9. The highest BCUT2D eigenvalue weighted by atomic mass is 16.4. The van der Waals surface area contributed by atoms with Crippen molar-refractivity contribution in [2.24, 2.45) is 29.2 Å². The van der Waals surface area contributed by atoms with Gasteiger partial charge in [-0.25, -0.2) is 4.79 Å². The molecule has 0 unspecified atom stereocenters. The molecule has 0 saturated heterocycles. The summed E-state index contributed by atoms with van der Waals surface area (Å²) in [5.74, 6) is -11.0. The van der Waals surface area contributed by atoms with Crippen molar-refractivity contribution in [2.75, 3.05) is 13.2 Å². The minimum Gasteiger partial charge on any atom is -0.481 e. The van der Waals surface area contributed by atoms with E-state index >= 15 is 0 Å². The van der Waals surface area contributed by atoms with Crippen molar-refractivity contribution >= 4 is 53.3 Å². The van der Waals surface area contributed by atoms with Crippen molar-refractivity contribution in [1.82, 2.24) is 31.9 Å². The van der Waals surface area contributed by atoms with Gasteiger partial charge in [0.2, 0.25) is 41.4 Å². The van der Waals surface area contributed by atoms with Crippen molar-refractivity contribution in [1.29, 1.82) is 0 Å². The van der Waals surface area contributed by atoms with Gasteiger partial charge in [-0.05, 0) is 17.8 Å². The monoisotopic (exact) mass is 716 g/mol. The Kier molecular flexibility index (Phi) is 19.9. The van der Waals surface area contributed by atoms with Gasteiger partial charge in [-0.2, -0.15) is 0 Å². The van der Waals surface area contributed by atoms with E-state index in [1.807, 2.05) is 0 Å². The number of carbonyl (C=O) groups excluding carboxylic acids is 7. The van der Waals surface area contributed by atoms with Gasteiger partial charge in [0, 0.05) is 0 Å². The van der Waals surface area contributed by atoms with Gasteiger partial charge in [0.05, 0.1) is 32.0 Å². The van der Waals surface area contributed by atoms with Gasteiger partial charge < -0.3 is 58.7 Å². The van der Waals surface area contributed by atoms with Crippen LogP contribution in [0, 0.1) is 17.8 Å². The Morgan fingerprint density at radius 3 is 1.58 bits per heavy atom. The van der Waals surface area contributed by atoms with Gasteiger partial charge in [-0.15, -0.1) is 0 Å². The van der Waals surface area contributed by atoms with Gasteiger partial charge in [0.15, 0.2) is 0 Å². The number of aliphatic hydroxyl groups excluding tert-OH is 1. The molecule has 8 atom stereocenters. The quantitative estimate of drug-likeness (QED) is 0.0481. The number of aliphatic carboxylic acids is 2. The first kappa shape index (κ1) is 45.2. The summed E-state index contributed by atoms with van der Waals surface area (Å²) >= 11 is 0. The number of rotatable bonds is 23. The lowest BCUT2D eigenvalue weighted by molar-refractivity contribution is -0.144. The first-order valence-electron chi connectivity index (χ1n) is 16.1. The van der Waals surface area contributed by atoms with Crippen LogP contribution in [0.15, 0.2) is 0 Å².